The second-order valence-electron chi connectivity index (χ2n) is 14.5. The van der Waals surface area contributed by atoms with E-state index in [1.54, 1.807) is 0 Å². The van der Waals surface area contributed by atoms with E-state index < -0.39 is 12.1 Å². The molecule has 0 spiro atoms. The monoisotopic (exact) mass is 696 g/mol. The van der Waals surface area contributed by atoms with E-state index in [0.717, 1.165) is 66.8 Å². The van der Waals surface area contributed by atoms with E-state index in [-0.39, 0.29) is 34.2 Å². The first-order valence-corrected chi connectivity index (χ1v) is 17.6. The van der Waals surface area contributed by atoms with Gasteiger partial charge in [0.25, 0.3) is 0 Å². The third-order valence-corrected chi connectivity index (χ3v) is 9.28. The summed E-state index contributed by atoms with van der Waals surface area (Å²) in [5, 5.41) is 21.8. The number of aryl methyl sites for hydroxylation is 10. The van der Waals surface area contributed by atoms with Crippen LogP contribution < -0.4 is 0 Å². The maximum absolute atomic E-state index is 14.1. The molecule has 52 heavy (non-hydrogen) atoms. The largest absolute Gasteiger partial charge is 0.512 e. The first-order chi connectivity index (χ1) is 24.4. The third kappa shape index (κ3) is 9.10. The first-order valence-electron chi connectivity index (χ1n) is 17.6. The Morgan fingerprint density at radius 3 is 0.962 bits per heavy atom. The zero-order chi connectivity index (χ0) is 38.6. The molecule has 4 aromatic carbocycles. The van der Waals surface area contributed by atoms with Gasteiger partial charge >= 0.3 is 0 Å². The van der Waals surface area contributed by atoms with Crippen LogP contribution in [0.1, 0.15) is 113 Å². The molecule has 6 nitrogen and oxygen atoms in total. The highest BCUT2D eigenvalue weighted by molar-refractivity contribution is 6.23. The molecule has 6 heteroatoms. The van der Waals surface area contributed by atoms with Crippen LogP contribution in [0.4, 0.5) is 0 Å². The van der Waals surface area contributed by atoms with Gasteiger partial charge in [-0.15, -0.1) is 0 Å². The van der Waals surface area contributed by atoms with Crippen molar-refractivity contribution in [2.75, 3.05) is 0 Å². The lowest BCUT2D eigenvalue weighted by Crippen LogP contribution is -2.15. The van der Waals surface area contributed by atoms with Gasteiger partial charge in [0.15, 0.2) is 11.6 Å². The van der Waals surface area contributed by atoms with Crippen molar-refractivity contribution in [3.63, 3.8) is 0 Å². The molecule has 0 aromatic heterocycles. The van der Waals surface area contributed by atoms with Gasteiger partial charge in [-0.3, -0.25) is 19.6 Å². The Kier molecular flexibility index (Phi) is 12.4. The number of hydrogen-bond donors (Lipinski definition) is 2. The summed E-state index contributed by atoms with van der Waals surface area (Å²) >= 11 is 0. The lowest BCUT2D eigenvalue weighted by Gasteiger charge is -2.24. The van der Waals surface area contributed by atoms with E-state index >= 15 is 0 Å². The molecule has 4 aromatic rings. The van der Waals surface area contributed by atoms with Gasteiger partial charge in [-0.05, 0) is 116 Å². The number of ketones is 2. The van der Waals surface area contributed by atoms with Crippen LogP contribution in [0.15, 0.2) is 93.3 Å². The number of carbonyl (C=O) groups excluding carboxylic acids is 2. The van der Waals surface area contributed by atoms with Crippen molar-refractivity contribution >= 4 is 24.0 Å². The van der Waals surface area contributed by atoms with Crippen LogP contribution in [0, 0.1) is 69.2 Å². The number of aliphatic hydroxyl groups excluding tert-OH is 2. The van der Waals surface area contributed by atoms with Crippen LogP contribution in [0.2, 0.25) is 0 Å². The van der Waals surface area contributed by atoms with Gasteiger partial charge in [0.05, 0.1) is 11.1 Å². The highest BCUT2D eigenvalue weighted by Gasteiger charge is 2.27. The molecule has 2 atom stereocenters. The van der Waals surface area contributed by atoms with Gasteiger partial charge in [-0.1, -0.05) is 94.0 Å². The molecule has 2 N–H and O–H groups in total. The molecule has 0 aliphatic heterocycles. The van der Waals surface area contributed by atoms with Crippen LogP contribution in [0.3, 0.4) is 0 Å². The average molecular weight is 697 g/mol. The number of benzene rings is 4. The number of hydrogen-bond acceptors (Lipinski definition) is 6. The molecule has 0 aliphatic rings. The number of nitrogens with zero attached hydrogens (tertiary/aromatic N) is 2. The average Bonchev–Trinajstić information content (AvgIpc) is 2.99. The summed E-state index contributed by atoms with van der Waals surface area (Å²) in [4.78, 5) is 38.3. The third-order valence-electron chi connectivity index (χ3n) is 9.28. The summed E-state index contributed by atoms with van der Waals surface area (Å²) in [6, 6.07) is 18.8. The second-order valence-corrected chi connectivity index (χ2v) is 14.5. The van der Waals surface area contributed by atoms with E-state index in [9.17, 15) is 19.8 Å². The lowest BCUT2D eigenvalue weighted by molar-refractivity contribution is 0.102. The van der Waals surface area contributed by atoms with Crippen molar-refractivity contribution in [1.82, 2.24) is 0 Å². The van der Waals surface area contributed by atoms with Crippen molar-refractivity contribution in [2.45, 2.75) is 95.2 Å². The Bertz CT molecular complexity index is 1930. The number of carbonyl (C=O) groups is 2. The van der Waals surface area contributed by atoms with E-state index in [2.05, 4.69) is 12.1 Å². The van der Waals surface area contributed by atoms with Crippen molar-refractivity contribution in [3.8, 4) is 0 Å². The Morgan fingerprint density at radius 1 is 0.462 bits per heavy atom. The quantitative estimate of drug-likeness (QED) is 0.0705. The van der Waals surface area contributed by atoms with Gasteiger partial charge in [-0.25, -0.2) is 0 Å². The molecule has 0 saturated heterocycles. The van der Waals surface area contributed by atoms with Gasteiger partial charge < -0.3 is 10.2 Å². The molecule has 270 valence electrons. The van der Waals surface area contributed by atoms with Crippen LogP contribution >= 0.6 is 0 Å². The molecule has 0 saturated carbocycles. The summed E-state index contributed by atoms with van der Waals surface area (Å²) < 4.78 is 0. The lowest BCUT2D eigenvalue weighted by atomic mass is 9.89. The predicted octanol–water partition coefficient (Wildman–Crippen LogP) is 11.1. The zero-order valence-electron chi connectivity index (χ0n) is 32.7. The topological polar surface area (TPSA) is 99.3 Å². The fourth-order valence-electron chi connectivity index (χ4n) is 7.35. The number of allylic oxidation sites excluding steroid dienone is 4. The summed E-state index contributed by atoms with van der Waals surface area (Å²) in [5.74, 6) is -0.927. The highest BCUT2D eigenvalue weighted by Crippen LogP contribution is 2.38. The Morgan fingerprint density at radius 2 is 0.712 bits per heavy atom. The van der Waals surface area contributed by atoms with E-state index in [0.29, 0.717) is 11.1 Å². The van der Waals surface area contributed by atoms with Crippen molar-refractivity contribution in [1.29, 1.82) is 0 Å². The zero-order valence-corrected chi connectivity index (χ0v) is 32.7. The molecule has 4 rings (SSSR count). The van der Waals surface area contributed by atoms with Gasteiger partial charge in [-0.2, -0.15) is 0 Å². The van der Waals surface area contributed by atoms with Crippen LogP contribution in [0.5, 0.6) is 0 Å². The van der Waals surface area contributed by atoms with Gasteiger partial charge in [0, 0.05) is 23.6 Å². The SMILES string of the molecule is C/C(O)=C(/C=N/[C@H](c1cc(C)cc(C)c1)[C@H](/N=C/C(C(=O)c1c(C)cc(C)cc1C)=C(/C)O)c1cc(C)cc(C)c1)C(=O)c1c(C)cc(C)cc1C. The van der Waals surface area contributed by atoms with Crippen LogP contribution in [-0.4, -0.2) is 34.2 Å². The van der Waals surface area contributed by atoms with E-state index in [1.807, 2.05) is 118 Å². The first kappa shape index (κ1) is 39.4. The smallest absolute Gasteiger partial charge is 0.198 e. The van der Waals surface area contributed by atoms with Gasteiger partial charge in [0.1, 0.15) is 23.6 Å². The fraction of sp³-hybridized carbons (Fsp3) is 0.304. The van der Waals surface area contributed by atoms with Crippen molar-refractivity contribution in [3.05, 3.63) is 161 Å². The molecule has 0 bridgehead atoms. The molecular formula is C46H52N2O4. The summed E-state index contributed by atoms with van der Waals surface area (Å²) in [6.45, 7) is 22.6. The summed E-state index contributed by atoms with van der Waals surface area (Å²) in [5.41, 5.74) is 12.4. The van der Waals surface area contributed by atoms with Crippen molar-refractivity contribution < 1.29 is 19.8 Å². The highest BCUT2D eigenvalue weighted by atomic mass is 16.3. The molecule has 0 unspecified atom stereocenters. The number of aliphatic hydroxyl groups is 2. The minimum atomic E-state index is -0.684. The van der Waals surface area contributed by atoms with E-state index in [4.69, 9.17) is 9.98 Å². The minimum absolute atomic E-state index is 0.0832. The van der Waals surface area contributed by atoms with Crippen LogP contribution in [0.25, 0.3) is 0 Å². The number of aliphatic imine (C=N–C) groups is 2. The molecule has 0 radical (unpaired) electrons. The maximum Gasteiger partial charge on any atom is 0.198 e. The van der Waals surface area contributed by atoms with Gasteiger partial charge in [0.2, 0.25) is 0 Å². The predicted molar refractivity (Wildman–Crippen MR) is 215 cm³/mol. The summed E-state index contributed by atoms with van der Waals surface area (Å²) in [6.07, 6.45) is 2.92. The van der Waals surface area contributed by atoms with Crippen molar-refractivity contribution in [2.24, 2.45) is 9.98 Å². The fourth-order valence-corrected chi connectivity index (χ4v) is 7.35. The molecule has 0 heterocycles. The Hall–Kier alpha value is -5.36. The Labute approximate surface area is 309 Å². The molecule has 0 aliphatic carbocycles. The Balaban J connectivity index is 1.96. The minimum Gasteiger partial charge on any atom is -0.512 e. The molecular weight excluding hydrogens is 645 g/mol. The van der Waals surface area contributed by atoms with Crippen LogP contribution in [-0.2, 0) is 0 Å². The molecule has 0 amide bonds. The molecule has 0 fully saturated rings. The maximum atomic E-state index is 14.1. The number of Topliss-reactive ketones (excluding diaryl/α,β-unsaturated/α-hetero) is 2. The standard InChI is InChI=1S/C46H52N2O4/c1-25-13-26(2)20-37(19-25)43(47-23-39(35(11)49)45(51)41-31(7)15-29(5)16-32(41)8)44(38-21-27(3)14-28(4)22-38)48-24-40(36(12)50)46(52)42-33(9)17-30(6)18-34(42)10/h13-24,43-44,49-50H,1-12H3/b39-35+,40-36+,47-23+,48-24+/t43-,44-/m1/s1. The normalized spacial score (nSPS) is 14.0. The second kappa shape index (κ2) is 16.3. The summed E-state index contributed by atoms with van der Waals surface area (Å²) in [7, 11) is 0. The van der Waals surface area contributed by atoms with E-state index in [1.165, 1.54) is 26.3 Å². The number of rotatable bonds is 11.